The molecule has 0 radical (unpaired) electrons. The highest BCUT2D eigenvalue weighted by Crippen LogP contribution is 2.24. The Morgan fingerprint density at radius 2 is 1.95 bits per heavy atom. The second-order valence-corrected chi connectivity index (χ2v) is 5.12. The van der Waals surface area contributed by atoms with Gasteiger partial charge in [0.25, 0.3) is 0 Å². The lowest BCUT2D eigenvalue weighted by molar-refractivity contribution is 0.198. The first kappa shape index (κ1) is 14.2. The molecule has 4 heteroatoms. The molecule has 2 aromatic rings. The maximum atomic E-state index is 9.52. The molecule has 0 saturated carbocycles. The van der Waals surface area contributed by atoms with Gasteiger partial charge in [-0.3, -0.25) is 0 Å². The molecule has 0 heterocycles. The van der Waals surface area contributed by atoms with Crippen molar-refractivity contribution in [2.75, 3.05) is 0 Å². The molecule has 0 fully saturated rings. The molecule has 2 nitrogen and oxygen atoms in total. The normalized spacial score (nSPS) is 12.2. The summed E-state index contributed by atoms with van der Waals surface area (Å²) in [6, 6.07) is 12.6. The van der Waals surface area contributed by atoms with Crippen LogP contribution >= 0.6 is 23.2 Å². The molecule has 0 saturated heterocycles. The van der Waals surface area contributed by atoms with E-state index >= 15 is 0 Å². The van der Waals surface area contributed by atoms with E-state index in [-0.39, 0.29) is 0 Å². The average Bonchev–Trinajstić information content (AvgIpc) is 2.40. The fourth-order valence-electron chi connectivity index (χ4n) is 1.68. The van der Waals surface area contributed by atoms with Gasteiger partial charge in [0, 0.05) is 15.6 Å². The Morgan fingerprint density at radius 1 is 1.16 bits per heavy atom. The van der Waals surface area contributed by atoms with Gasteiger partial charge in [-0.15, -0.1) is 0 Å². The molecule has 19 heavy (non-hydrogen) atoms. The molecular weight excluding hydrogens is 283 g/mol. The summed E-state index contributed by atoms with van der Waals surface area (Å²) in [5.41, 5.74) is 1.64. The predicted octanol–water partition coefficient (Wildman–Crippen LogP) is 4.63. The van der Waals surface area contributed by atoms with Crippen molar-refractivity contribution in [3.63, 3.8) is 0 Å². The molecule has 0 bridgehead atoms. The zero-order valence-corrected chi connectivity index (χ0v) is 11.9. The first-order chi connectivity index (χ1) is 9.06. The number of halogens is 2. The molecular formula is C15H14Cl2O2. The van der Waals surface area contributed by atoms with Crippen LogP contribution in [0.1, 0.15) is 24.2 Å². The van der Waals surface area contributed by atoms with Crippen LogP contribution in [0.4, 0.5) is 0 Å². The summed E-state index contributed by atoms with van der Waals surface area (Å²) >= 11 is 12.0. The lowest BCUT2D eigenvalue weighted by Gasteiger charge is -2.10. The summed E-state index contributed by atoms with van der Waals surface area (Å²) < 4.78 is 5.66. The smallest absolute Gasteiger partial charge is 0.120 e. The maximum absolute atomic E-state index is 9.52. The third kappa shape index (κ3) is 3.87. The van der Waals surface area contributed by atoms with E-state index in [0.29, 0.717) is 22.4 Å². The average molecular weight is 297 g/mol. The number of rotatable bonds is 4. The second-order valence-electron chi connectivity index (χ2n) is 4.27. The third-order valence-corrected chi connectivity index (χ3v) is 3.35. The molecule has 100 valence electrons. The fraction of sp³-hybridized carbons (Fsp3) is 0.200. The first-order valence-corrected chi connectivity index (χ1v) is 6.66. The van der Waals surface area contributed by atoms with Crippen LogP contribution in [-0.2, 0) is 6.61 Å². The standard InChI is InChI=1S/C15H14Cl2O2/c1-10(18)11-3-2-4-14(8-11)19-9-12-7-13(16)5-6-15(12)17/h2-8,10,18H,9H2,1H3/t10-/m1/s1. The van der Waals surface area contributed by atoms with Crippen molar-refractivity contribution in [1.29, 1.82) is 0 Å². The van der Waals surface area contributed by atoms with Crippen LogP contribution in [0.15, 0.2) is 42.5 Å². The third-order valence-electron chi connectivity index (χ3n) is 2.74. The van der Waals surface area contributed by atoms with Crippen molar-refractivity contribution in [2.24, 2.45) is 0 Å². The molecule has 0 unspecified atom stereocenters. The van der Waals surface area contributed by atoms with Crippen molar-refractivity contribution in [3.05, 3.63) is 63.6 Å². The summed E-state index contributed by atoms with van der Waals surface area (Å²) in [5.74, 6) is 0.689. The van der Waals surface area contributed by atoms with Crippen LogP contribution in [0.2, 0.25) is 10.0 Å². The van der Waals surface area contributed by atoms with E-state index in [4.69, 9.17) is 27.9 Å². The number of hydrogen-bond acceptors (Lipinski definition) is 2. The molecule has 0 spiro atoms. The van der Waals surface area contributed by atoms with Gasteiger partial charge in [0.1, 0.15) is 12.4 Å². The zero-order valence-electron chi connectivity index (χ0n) is 10.4. The van der Waals surface area contributed by atoms with Crippen LogP contribution < -0.4 is 4.74 Å². The molecule has 0 aliphatic heterocycles. The van der Waals surface area contributed by atoms with Crippen molar-refractivity contribution >= 4 is 23.2 Å². The summed E-state index contributed by atoms with van der Waals surface area (Å²) in [6.45, 7) is 2.05. The van der Waals surface area contributed by atoms with E-state index in [0.717, 1.165) is 11.1 Å². The van der Waals surface area contributed by atoms with Crippen molar-refractivity contribution in [2.45, 2.75) is 19.6 Å². The first-order valence-electron chi connectivity index (χ1n) is 5.91. The van der Waals surface area contributed by atoms with Crippen LogP contribution in [0.5, 0.6) is 5.75 Å². The maximum Gasteiger partial charge on any atom is 0.120 e. The minimum atomic E-state index is -0.515. The van der Waals surface area contributed by atoms with Gasteiger partial charge >= 0.3 is 0 Å². The molecule has 1 N–H and O–H groups in total. The highest BCUT2D eigenvalue weighted by Gasteiger charge is 2.05. The number of aliphatic hydroxyl groups excluding tert-OH is 1. The summed E-state index contributed by atoms with van der Waals surface area (Å²) in [7, 11) is 0. The molecule has 2 aromatic carbocycles. The van der Waals surface area contributed by atoms with Crippen molar-refractivity contribution in [3.8, 4) is 5.75 Å². The fourth-order valence-corrected chi connectivity index (χ4v) is 2.05. The second kappa shape index (κ2) is 6.29. The molecule has 2 rings (SSSR count). The monoisotopic (exact) mass is 296 g/mol. The van der Waals surface area contributed by atoms with Gasteiger partial charge in [-0.25, -0.2) is 0 Å². The van der Waals surface area contributed by atoms with Crippen LogP contribution in [0.25, 0.3) is 0 Å². The van der Waals surface area contributed by atoms with Gasteiger partial charge in [0.05, 0.1) is 6.10 Å². The number of hydrogen-bond donors (Lipinski definition) is 1. The molecule has 0 aliphatic carbocycles. The van der Waals surface area contributed by atoms with E-state index in [9.17, 15) is 5.11 Å². The predicted molar refractivity (Wildman–Crippen MR) is 77.9 cm³/mol. The topological polar surface area (TPSA) is 29.5 Å². The molecule has 1 atom stereocenters. The number of ether oxygens (including phenoxy) is 1. The Bertz CT molecular complexity index is 568. The van der Waals surface area contributed by atoms with Crippen LogP contribution in [0.3, 0.4) is 0 Å². The summed E-state index contributed by atoms with van der Waals surface area (Å²) in [5, 5.41) is 10.8. The lowest BCUT2D eigenvalue weighted by Crippen LogP contribution is -1.98. The molecule has 0 aromatic heterocycles. The Balaban J connectivity index is 2.10. The van der Waals surface area contributed by atoms with E-state index in [1.807, 2.05) is 24.3 Å². The van der Waals surface area contributed by atoms with E-state index in [1.165, 1.54) is 0 Å². The van der Waals surface area contributed by atoms with Crippen LogP contribution in [-0.4, -0.2) is 5.11 Å². The van der Waals surface area contributed by atoms with Gasteiger partial charge in [0.15, 0.2) is 0 Å². The van der Waals surface area contributed by atoms with Crippen molar-refractivity contribution < 1.29 is 9.84 Å². The highest BCUT2D eigenvalue weighted by atomic mass is 35.5. The van der Waals surface area contributed by atoms with Gasteiger partial charge in [-0.2, -0.15) is 0 Å². The minimum absolute atomic E-state index is 0.336. The van der Waals surface area contributed by atoms with Crippen molar-refractivity contribution in [1.82, 2.24) is 0 Å². The van der Waals surface area contributed by atoms with E-state index < -0.39 is 6.10 Å². The number of benzene rings is 2. The Kier molecular flexibility index (Phi) is 4.70. The Hall–Kier alpha value is -1.22. The minimum Gasteiger partial charge on any atom is -0.489 e. The van der Waals surface area contributed by atoms with Gasteiger partial charge < -0.3 is 9.84 Å². The zero-order chi connectivity index (χ0) is 13.8. The van der Waals surface area contributed by atoms with Gasteiger partial charge in [-0.05, 0) is 42.8 Å². The SMILES string of the molecule is C[C@@H](O)c1cccc(OCc2cc(Cl)ccc2Cl)c1. The number of aliphatic hydroxyl groups is 1. The Labute approximate surface area is 122 Å². The largest absolute Gasteiger partial charge is 0.489 e. The summed E-state index contributed by atoms with van der Waals surface area (Å²) in [6.07, 6.45) is -0.515. The highest BCUT2D eigenvalue weighted by molar-refractivity contribution is 6.33. The van der Waals surface area contributed by atoms with Crippen LogP contribution in [0, 0.1) is 0 Å². The molecule has 0 amide bonds. The molecule has 0 aliphatic rings. The lowest BCUT2D eigenvalue weighted by atomic mass is 10.1. The Morgan fingerprint density at radius 3 is 2.68 bits per heavy atom. The summed E-state index contributed by atoms with van der Waals surface area (Å²) in [4.78, 5) is 0. The van der Waals surface area contributed by atoms with Gasteiger partial charge in [0.2, 0.25) is 0 Å². The quantitative estimate of drug-likeness (QED) is 0.891. The van der Waals surface area contributed by atoms with E-state index in [2.05, 4.69) is 0 Å². The van der Waals surface area contributed by atoms with E-state index in [1.54, 1.807) is 25.1 Å². The van der Waals surface area contributed by atoms with Gasteiger partial charge in [-0.1, -0.05) is 35.3 Å².